The zero-order valence-electron chi connectivity index (χ0n) is 39.7. The van der Waals surface area contributed by atoms with Gasteiger partial charge in [0.25, 0.3) is 0 Å². The number of ether oxygens (including phenoxy) is 3. The number of esters is 2. The van der Waals surface area contributed by atoms with Gasteiger partial charge in [-0.2, -0.15) is 18.4 Å². The van der Waals surface area contributed by atoms with Crippen LogP contribution < -0.4 is 5.32 Å². The third kappa shape index (κ3) is 15.8. The molecule has 6 rings (SSSR count). The van der Waals surface area contributed by atoms with E-state index in [4.69, 9.17) is 24.3 Å². The molecule has 17 heteroatoms. The van der Waals surface area contributed by atoms with Crippen LogP contribution in [0.25, 0.3) is 0 Å². The molecule has 1 N–H and O–H groups in total. The average molecular weight is 928 g/mol. The number of carbonyl (C=O) groups is 6. The van der Waals surface area contributed by atoms with Gasteiger partial charge in [-0.15, -0.1) is 0 Å². The molecule has 364 valence electrons. The lowest BCUT2D eigenvalue weighted by atomic mass is 9.94. The number of hydrogen-bond donors (Lipinski definition) is 1. The number of nitrogens with one attached hydrogen (secondary N) is 1. The molecular weight excluding hydrogens is 860 g/mol. The number of hydrogen-bond acceptors (Lipinski definition) is 11. The van der Waals surface area contributed by atoms with Gasteiger partial charge in [0, 0.05) is 26.6 Å². The highest BCUT2D eigenvalue weighted by atomic mass is 19.4. The molecule has 2 aromatic carbocycles. The minimum absolute atomic E-state index is 0.0762. The van der Waals surface area contributed by atoms with Crippen molar-refractivity contribution in [2.75, 3.05) is 26.2 Å². The van der Waals surface area contributed by atoms with E-state index in [1.165, 1.54) is 6.92 Å². The summed E-state index contributed by atoms with van der Waals surface area (Å²) in [7, 11) is 0. The van der Waals surface area contributed by atoms with Gasteiger partial charge in [0.15, 0.2) is 0 Å². The highest BCUT2D eigenvalue weighted by Gasteiger charge is 2.58. The topological polar surface area (TPSA) is 176 Å². The monoisotopic (exact) mass is 927 g/mol. The summed E-state index contributed by atoms with van der Waals surface area (Å²) >= 11 is 0. The largest absolute Gasteiger partial charge is 0.459 e. The van der Waals surface area contributed by atoms with Crippen LogP contribution in [0.4, 0.5) is 18.0 Å². The van der Waals surface area contributed by atoms with E-state index in [9.17, 15) is 37.1 Å². The lowest BCUT2D eigenvalue weighted by Crippen LogP contribution is -2.56. The summed E-state index contributed by atoms with van der Waals surface area (Å²) in [6.45, 7) is 17.9. The van der Waals surface area contributed by atoms with Gasteiger partial charge in [0.1, 0.15) is 36.4 Å². The summed E-state index contributed by atoms with van der Waals surface area (Å²) in [6, 6.07) is 19.8. The van der Waals surface area contributed by atoms with Crippen LogP contribution in [-0.2, 0) is 51.4 Å². The van der Waals surface area contributed by atoms with Crippen LogP contribution in [0.1, 0.15) is 118 Å². The number of carbonyl (C=O) groups excluding carboxylic acids is 6. The lowest BCUT2D eigenvalue weighted by molar-refractivity contribution is -0.157. The SMILES string of the molecule is CC#N.CC(C)C[C@H](C(=O)OCc1ccccc1)N1CC[C@]2(CCCN2)C1=O.CC(C)C[C@H](C(=O)OCc1ccccc1)N1CC[C@]2(CCCN2C(=O)OC(C)(C)C)C1=O.O=CC(F)(F)F. The number of alkyl halides is 3. The Morgan fingerprint density at radius 1 is 0.758 bits per heavy atom. The molecule has 0 aliphatic carbocycles. The molecule has 4 aliphatic heterocycles. The van der Waals surface area contributed by atoms with E-state index in [1.54, 1.807) is 20.8 Å². The Balaban J connectivity index is 0.000000302. The highest BCUT2D eigenvalue weighted by molar-refractivity contribution is 5.95. The van der Waals surface area contributed by atoms with Gasteiger partial charge in [-0.1, -0.05) is 88.4 Å². The lowest BCUT2D eigenvalue weighted by Gasteiger charge is -2.36. The molecule has 0 unspecified atom stereocenters. The van der Waals surface area contributed by atoms with Crippen LogP contribution >= 0.6 is 0 Å². The summed E-state index contributed by atoms with van der Waals surface area (Å²) in [5.41, 5.74) is -0.128. The first-order valence-corrected chi connectivity index (χ1v) is 22.7. The Kier molecular flexibility index (Phi) is 20.7. The number of benzene rings is 2. The molecule has 4 aliphatic rings. The summed E-state index contributed by atoms with van der Waals surface area (Å²) < 4.78 is 48.0. The Labute approximate surface area is 387 Å². The van der Waals surface area contributed by atoms with Gasteiger partial charge in [-0.3, -0.25) is 19.3 Å². The Bertz CT molecular complexity index is 1950. The Morgan fingerprint density at radius 3 is 1.62 bits per heavy atom. The fraction of sp³-hybridized carbons (Fsp3) is 0.612. The molecule has 4 fully saturated rings. The second-order valence-electron chi connectivity index (χ2n) is 18.7. The van der Waals surface area contributed by atoms with Crippen molar-refractivity contribution in [3.05, 3.63) is 71.8 Å². The predicted octanol–water partition coefficient (Wildman–Crippen LogP) is 7.92. The van der Waals surface area contributed by atoms with Gasteiger partial charge in [-0.25, -0.2) is 14.4 Å². The standard InChI is InChI=1S/C25H36N2O5.C20H28N2O3.C2HF3O.C2H3N/c1-18(2)16-20(21(28)31-17-19-10-7-6-8-11-19)26-15-13-25(22(26)29)12-9-14-27(25)23(30)32-24(3,4)5;1-15(2)13-17(18(23)25-14-16-7-4-3-5-8-16)22-12-10-20(19(22)24)9-6-11-21-20;3-2(4,5)1-6;1-2-3/h6-8,10-11,18,20H,9,12-17H2,1-5H3;3-5,7-8,15,17,21H,6,9-14H2,1-2H3;1H;1H3/t20-,25-;17-,20-;;/m11../s1. The molecule has 14 nitrogen and oxygen atoms in total. The fourth-order valence-electron chi connectivity index (χ4n) is 8.56. The summed E-state index contributed by atoms with van der Waals surface area (Å²) in [4.78, 5) is 79.0. The molecule has 3 amide bonds. The van der Waals surface area contributed by atoms with Gasteiger partial charge in [0.2, 0.25) is 18.1 Å². The molecule has 0 bridgehead atoms. The van der Waals surface area contributed by atoms with Crippen LogP contribution in [0.5, 0.6) is 0 Å². The van der Waals surface area contributed by atoms with Crippen LogP contribution in [0, 0.1) is 23.2 Å². The van der Waals surface area contributed by atoms with Crippen molar-refractivity contribution in [3.8, 4) is 6.07 Å². The van der Waals surface area contributed by atoms with Crippen LogP contribution in [0.2, 0.25) is 0 Å². The van der Waals surface area contributed by atoms with Crippen molar-refractivity contribution in [1.29, 1.82) is 5.26 Å². The molecule has 2 aromatic rings. The molecule has 66 heavy (non-hydrogen) atoms. The summed E-state index contributed by atoms with van der Waals surface area (Å²) in [6.07, 6.45) is -0.496. The van der Waals surface area contributed by atoms with Gasteiger partial charge >= 0.3 is 24.2 Å². The second-order valence-corrected chi connectivity index (χ2v) is 18.7. The maximum Gasteiger partial charge on any atom is 0.446 e. The Morgan fingerprint density at radius 2 is 1.21 bits per heavy atom. The zero-order valence-corrected chi connectivity index (χ0v) is 39.7. The second kappa shape index (κ2) is 24.9. The fourth-order valence-corrected chi connectivity index (χ4v) is 8.56. The molecule has 0 radical (unpaired) electrons. The molecule has 4 saturated heterocycles. The van der Waals surface area contributed by atoms with Gasteiger partial charge in [0.05, 0.1) is 11.6 Å². The van der Waals surface area contributed by atoms with Crippen molar-refractivity contribution in [3.63, 3.8) is 0 Å². The first kappa shape index (κ1) is 54.8. The van der Waals surface area contributed by atoms with E-state index >= 15 is 0 Å². The third-order valence-corrected chi connectivity index (χ3v) is 11.5. The minimum atomic E-state index is -4.64. The number of aldehydes is 1. The van der Waals surface area contributed by atoms with Gasteiger partial charge in [-0.05, 0) is 102 Å². The third-order valence-electron chi connectivity index (χ3n) is 11.5. The highest BCUT2D eigenvalue weighted by Crippen LogP contribution is 2.41. The zero-order chi connectivity index (χ0) is 49.3. The molecule has 4 atom stereocenters. The minimum Gasteiger partial charge on any atom is -0.459 e. The van der Waals surface area contributed by atoms with Crippen molar-refractivity contribution in [2.45, 2.75) is 155 Å². The van der Waals surface area contributed by atoms with Crippen molar-refractivity contribution < 1.29 is 56.1 Å². The van der Waals surface area contributed by atoms with Crippen LogP contribution in [-0.4, -0.2) is 112 Å². The maximum absolute atomic E-state index is 13.7. The van der Waals surface area contributed by atoms with Crippen molar-refractivity contribution >= 4 is 36.1 Å². The quantitative estimate of drug-likeness (QED) is 0.124. The van der Waals surface area contributed by atoms with Crippen LogP contribution in [0.3, 0.4) is 0 Å². The molecule has 0 saturated carbocycles. The molecular formula is C49H68F3N5O9. The van der Waals surface area contributed by atoms with Crippen LogP contribution in [0.15, 0.2) is 60.7 Å². The number of nitriles is 1. The number of rotatable bonds is 12. The number of likely N-dealkylation sites (tertiary alicyclic amines) is 3. The number of nitrogens with zero attached hydrogens (tertiary/aromatic N) is 4. The molecule has 0 aromatic heterocycles. The first-order valence-electron chi connectivity index (χ1n) is 22.7. The first-order chi connectivity index (χ1) is 31.0. The maximum atomic E-state index is 13.7. The number of halogens is 3. The smallest absolute Gasteiger partial charge is 0.446 e. The molecule has 2 spiro atoms. The van der Waals surface area contributed by atoms with E-state index in [0.717, 1.165) is 43.4 Å². The summed E-state index contributed by atoms with van der Waals surface area (Å²) in [5.74, 6) is -0.250. The predicted molar refractivity (Wildman–Crippen MR) is 240 cm³/mol. The number of amides is 3. The van der Waals surface area contributed by atoms with Crippen molar-refractivity contribution in [2.24, 2.45) is 11.8 Å². The normalized spacial score (nSPS) is 21.0. The van der Waals surface area contributed by atoms with E-state index in [-0.39, 0.29) is 36.9 Å². The van der Waals surface area contributed by atoms with Crippen molar-refractivity contribution in [1.82, 2.24) is 20.0 Å². The van der Waals surface area contributed by atoms with E-state index in [0.29, 0.717) is 51.2 Å². The summed E-state index contributed by atoms with van der Waals surface area (Å²) in [5, 5.41) is 10.7. The van der Waals surface area contributed by atoms with Gasteiger partial charge < -0.3 is 29.3 Å². The Hall–Kier alpha value is -5.50. The molecule has 4 heterocycles. The average Bonchev–Trinajstić information content (AvgIpc) is 4.06. The van der Waals surface area contributed by atoms with E-state index in [2.05, 4.69) is 19.2 Å². The van der Waals surface area contributed by atoms with E-state index < -0.39 is 53.3 Å². The van der Waals surface area contributed by atoms with E-state index in [1.807, 2.05) is 95.3 Å².